The van der Waals surface area contributed by atoms with Crippen LogP contribution in [0, 0.1) is 11.8 Å². The van der Waals surface area contributed by atoms with E-state index >= 15 is 0 Å². The quantitative estimate of drug-likeness (QED) is 0.628. The molecule has 12 heavy (non-hydrogen) atoms. The normalized spacial score (nSPS) is 28.8. The molecular weight excluding hydrogens is 146 g/mol. The van der Waals surface area contributed by atoms with E-state index in [1.807, 2.05) is 0 Å². The van der Waals surface area contributed by atoms with Crippen molar-refractivity contribution in [2.75, 3.05) is 20.1 Å². The van der Waals surface area contributed by atoms with Gasteiger partial charge in [0.25, 0.3) is 0 Å². The van der Waals surface area contributed by atoms with Crippen molar-refractivity contribution in [3.05, 3.63) is 0 Å². The first-order chi connectivity index (χ1) is 5.74. The molecule has 2 atom stereocenters. The molecular formula is C11H23N. The molecule has 0 radical (unpaired) electrons. The monoisotopic (exact) mass is 169 g/mol. The lowest BCUT2D eigenvalue weighted by Crippen LogP contribution is -2.34. The van der Waals surface area contributed by atoms with Crippen molar-refractivity contribution in [2.24, 2.45) is 11.8 Å². The van der Waals surface area contributed by atoms with E-state index in [1.54, 1.807) is 0 Å². The Morgan fingerprint density at radius 3 is 2.83 bits per heavy atom. The van der Waals surface area contributed by atoms with Crippen LogP contribution >= 0.6 is 0 Å². The largest absolute Gasteiger partial charge is 0.306 e. The maximum Gasteiger partial charge on any atom is 0.000916 e. The minimum Gasteiger partial charge on any atom is -0.306 e. The highest BCUT2D eigenvalue weighted by Gasteiger charge is 2.21. The molecule has 0 aromatic heterocycles. The lowest BCUT2D eigenvalue weighted by molar-refractivity contribution is 0.161. The van der Waals surface area contributed by atoms with Crippen molar-refractivity contribution in [3.63, 3.8) is 0 Å². The summed E-state index contributed by atoms with van der Waals surface area (Å²) in [6, 6.07) is 0. The lowest BCUT2D eigenvalue weighted by atomic mass is 9.84. The minimum atomic E-state index is 0.942. The van der Waals surface area contributed by atoms with Gasteiger partial charge in [-0.15, -0.1) is 0 Å². The van der Waals surface area contributed by atoms with Gasteiger partial charge in [0, 0.05) is 6.54 Å². The summed E-state index contributed by atoms with van der Waals surface area (Å²) in [5, 5.41) is 0. The number of hydrogen-bond donors (Lipinski definition) is 0. The first-order valence-electron chi connectivity index (χ1n) is 5.42. The van der Waals surface area contributed by atoms with E-state index in [0.717, 1.165) is 11.8 Å². The maximum atomic E-state index is 2.49. The van der Waals surface area contributed by atoms with Crippen molar-refractivity contribution in [3.8, 4) is 0 Å². The van der Waals surface area contributed by atoms with Gasteiger partial charge in [-0.1, -0.05) is 26.7 Å². The number of piperidine rings is 1. The molecule has 1 nitrogen and oxygen atoms in total. The third-order valence-corrected chi connectivity index (χ3v) is 3.21. The van der Waals surface area contributed by atoms with Crippen molar-refractivity contribution in [2.45, 2.75) is 39.5 Å². The summed E-state index contributed by atoms with van der Waals surface area (Å²) in [6.07, 6.45) is 5.64. The molecule has 0 aromatic rings. The molecule has 0 aromatic carbocycles. The number of nitrogens with zero attached hydrogens (tertiary/aromatic N) is 1. The molecule has 1 aliphatic rings. The highest BCUT2D eigenvalue weighted by molar-refractivity contribution is 4.74. The van der Waals surface area contributed by atoms with Gasteiger partial charge in [-0.25, -0.2) is 0 Å². The van der Waals surface area contributed by atoms with Gasteiger partial charge < -0.3 is 4.90 Å². The van der Waals surface area contributed by atoms with Gasteiger partial charge in [0.2, 0.25) is 0 Å². The van der Waals surface area contributed by atoms with E-state index in [0.29, 0.717) is 0 Å². The first-order valence-corrected chi connectivity index (χ1v) is 5.42. The standard InChI is InChI=1S/C11H23N/c1-4-6-10(2)11-7-5-8-12(3)9-11/h10-11H,4-9H2,1-3H3. The predicted molar refractivity (Wildman–Crippen MR) is 54.3 cm³/mol. The van der Waals surface area contributed by atoms with Crippen molar-refractivity contribution < 1.29 is 0 Å². The number of likely N-dealkylation sites (tertiary alicyclic amines) is 1. The lowest BCUT2D eigenvalue weighted by Gasteiger charge is -2.33. The van der Waals surface area contributed by atoms with E-state index in [4.69, 9.17) is 0 Å². The van der Waals surface area contributed by atoms with Gasteiger partial charge in [-0.05, 0) is 38.3 Å². The topological polar surface area (TPSA) is 3.24 Å². The van der Waals surface area contributed by atoms with Gasteiger partial charge in [-0.3, -0.25) is 0 Å². The molecule has 0 N–H and O–H groups in total. The summed E-state index contributed by atoms with van der Waals surface area (Å²) in [6.45, 7) is 7.37. The Morgan fingerprint density at radius 1 is 1.50 bits per heavy atom. The Labute approximate surface area is 77.1 Å². The second kappa shape index (κ2) is 4.86. The maximum absolute atomic E-state index is 2.49. The van der Waals surface area contributed by atoms with Crippen molar-refractivity contribution >= 4 is 0 Å². The second-order valence-electron chi connectivity index (χ2n) is 4.43. The van der Waals surface area contributed by atoms with E-state index in [1.165, 1.54) is 38.8 Å². The van der Waals surface area contributed by atoms with Gasteiger partial charge in [0.1, 0.15) is 0 Å². The van der Waals surface area contributed by atoms with Gasteiger partial charge in [-0.2, -0.15) is 0 Å². The average molecular weight is 169 g/mol. The molecule has 72 valence electrons. The Bertz CT molecular complexity index is 122. The van der Waals surface area contributed by atoms with Gasteiger partial charge in [0.15, 0.2) is 0 Å². The molecule has 1 rings (SSSR count). The molecule has 1 heteroatoms. The zero-order valence-electron chi connectivity index (χ0n) is 8.84. The third-order valence-electron chi connectivity index (χ3n) is 3.21. The fourth-order valence-electron chi connectivity index (χ4n) is 2.36. The fourth-order valence-corrected chi connectivity index (χ4v) is 2.36. The molecule has 0 saturated carbocycles. The molecule has 1 aliphatic heterocycles. The van der Waals surface area contributed by atoms with Crippen molar-refractivity contribution in [1.82, 2.24) is 4.90 Å². The zero-order chi connectivity index (χ0) is 8.97. The SMILES string of the molecule is CCCC(C)C1CCCN(C)C1. The fraction of sp³-hybridized carbons (Fsp3) is 1.00. The van der Waals surface area contributed by atoms with Gasteiger partial charge >= 0.3 is 0 Å². The van der Waals surface area contributed by atoms with Crippen LogP contribution in [-0.2, 0) is 0 Å². The highest BCUT2D eigenvalue weighted by atomic mass is 15.1. The van der Waals surface area contributed by atoms with Crippen LogP contribution in [0.2, 0.25) is 0 Å². The molecule has 1 fully saturated rings. The highest BCUT2D eigenvalue weighted by Crippen LogP contribution is 2.25. The molecule has 1 saturated heterocycles. The minimum absolute atomic E-state index is 0.942. The van der Waals surface area contributed by atoms with Crippen LogP contribution in [0.15, 0.2) is 0 Å². The Hall–Kier alpha value is -0.0400. The summed E-state index contributed by atoms with van der Waals surface area (Å²) < 4.78 is 0. The molecule has 0 spiro atoms. The predicted octanol–water partition coefficient (Wildman–Crippen LogP) is 2.76. The smallest absolute Gasteiger partial charge is 0.000916 e. The molecule has 1 heterocycles. The average Bonchev–Trinajstić information content (AvgIpc) is 2.05. The Morgan fingerprint density at radius 2 is 2.25 bits per heavy atom. The molecule has 0 bridgehead atoms. The number of hydrogen-bond acceptors (Lipinski definition) is 1. The summed E-state index contributed by atoms with van der Waals surface area (Å²) in [5.74, 6) is 1.92. The third kappa shape index (κ3) is 2.78. The Kier molecular flexibility index (Phi) is 4.07. The molecule has 2 unspecified atom stereocenters. The van der Waals surface area contributed by atoms with E-state index in [-0.39, 0.29) is 0 Å². The van der Waals surface area contributed by atoms with Crippen LogP contribution in [0.4, 0.5) is 0 Å². The first kappa shape index (κ1) is 10.0. The van der Waals surface area contributed by atoms with Crippen LogP contribution in [0.5, 0.6) is 0 Å². The van der Waals surface area contributed by atoms with Crippen LogP contribution in [0.1, 0.15) is 39.5 Å². The summed E-state index contributed by atoms with van der Waals surface area (Å²) >= 11 is 0. The summed E-state index contributed by atoms with van der Waals surface area (Å²) in [7, 11) is 2.25. The second-order valence-corrected chi connectivity index (χ2v) is 4.43. The molecule has 0 amide bonds. The van der Waals surface area contributed by atoms with Gasteiger partial charge in [0.05, 0.1) is 0 Å². The Balaban J connectivity index is 2.29. The van der Waals surface area contributed by atoms with E-state index in [9.17, 15) is 0 Å². The summed E-state index contributed by atoms with van der Waals surface area (Å²) in [4.78, 5) is 2.49. The zero-order valence-corrected chi connectivity index (χ0v) is 8.84. The van der Waals surface area contributed by atoms with Crippen LogP contribution in [0.25, 0.3) is 0 Å². The van der Waals surface area contributed by atoms with E-state index < -0.39 is 0 Å². The van der Waals surface area contributed by atoms with Crippen molar-refractivity contribution in [1.29, 1.82) is 0 Å². The van der Waals surface area contributed by atoms with Crippen LogP contribution in [0.3, 0.4) is 0 Å². The van der Waals surface area contributed by atoms with Crippen LogP contribution in [-0.4, -0.2) is 25.0 Å². The summed E-state index contributed by atoms with van der Waals surface area (Å²) in [5.41, 5.74) is 0. The van der Waals surface area contributed by atoms with Crippen LogP contribution < -0.4 is 0 Å². The van der Waals surface area contributed by atoms with E-state index in [2.05, 4.69) is 25.8 Å². The molecule has 0 aliphatic carbocycles. The number of rotatable bonds is 3.